The number of aliphatic imine (C=N–C) groups is 1. The fourth-order valence-electron chi connectivity index (χ4n) is 1.23. The second-order valence-corrected chi connectivity index (χ2v) is 3.76. The highest BCUT2D eigenvalue weighted by molar-refractivity contribution is 5.67. The molecular formula is C11H18N4. The summed E-state index contributed by atoms with van der Waals surface area (Å²) in [5.41, 5.74) is 8.04. The molecule has 0 aliphatic carbocycles. The SMILES string of the molecule is CCC(C)/C=N\c1c(C)nc(N)nc1C. The predicted octanol–water partition coefficient (Wildman–Crippen LogP) is 2.42. The molecule has 15 heavy (non-hydrogen) atoms. The first-order valence-electron chi connectivity index (χ1n) is 5.19. The molecule has 4 nitrogen and oxygen atoms in total. The zero-order chi connectivity index (χ0) is 11.4. The van der Waals surface area contributed by atoms with Crippen molar-refractivity contribution in [3.8, 4) is 0 Å². The second-order valence-electron chi connectivity index (χ2n) is 3.76. The number of aromatic nitrogens is 2. The Morgan fingerprint density at radius 1 is 1.33 bits per heavy atom. The first-order chi connectivity index (χ1) is 7.04. The summed E-state index contributed by atoms with van der Waals surface area (Å²) >= 11 is 0. The minimum atomic E-state index is 0.312. The Labute approximate surface area is 90.7 Å². The molecule has 82 valence electrons. The van der Waals surface area contributed by atoms with Gasteiger partial charge in [-0.15, -0.1) is 0 Å². The lowest BCUT2D eigenvalue weighted by molar-refractivity contribution is 0.754. The highest BCUT2D eigenvalue weighted by Gasteiger charge is 2.05. The summed E-state index contributed by atoms with van der Waals surface area (Å²) in [4.78, 5) is 12.6. The van der Waals surface area contributed by atoms with Crippen LogP contribution in [0, 0.1) is 19.8 Å². The molecule has 1 unspecified atom stereocenters. The summed E-state index contributed by atoms with van der Waals surface area (Å²) in [6, 6.07) is 0. The lowest BCUT2D eigenvalue weighted by Gasteiger charge is -2.05. The van der Waals surface area contributed by atoms with Gasteiger partial charge in [-0.05, 0) is 26.2 Å². The van der Waals surface area contributed by atoms with E-state index in [1.807, 2.05) is 20.1 Å². The van der Waals surface area contributed by atoms with E-state index in [0.717, 1.165) is 23.5 Å². The minimum absolute atomic E-state index is 0.312. The third-order valence-electron chi connectivity index (χ3n) is 2.35. The number of hydrogen-bond acceptors (Lipinski definition) is 4. The molecule has 0 bridgehead atoms. The molecular weight excluding hydrogens is 188 g/mol. The van der Waals surface area contributed by atoms with E-state index >= 15 is 0 Å². The van der Waals surface area contributed by atoms with Crippen LogP contribution in [-0.2, 0) is 0 Å². The Bertz CT molecular complexity index is 348. The highest BCUT2D eigenvalue weighted by atomic mass is 15.0. The van der Waals surface area contributed by atoms with Crippen LogP contribution in [0.3, 0.4) is 0 Å². The van der Waals surface area contributed by atoms with E-state index < -0.39 is 0 Å². The van der Waals surface area contributed by atoms with Gasteiger partial charge in [0.1, 0.15) is 5.69 Å². The minimum Gasteiger partial charge on any atom is -0.368 e. The van der Waals surface area contributed by atoms with E-state index in [1.54, 1.807) is 0 Å². The fraction of sp³-hybridized carbons (Fsp3) is 0.545. The van der Waals surface area contributed by atoms with Gasteiger partial charge in [0, 0.05) is 6.21 Å². The van der Waals surface area contributed by atoms with Gasteiger partial charge >= 0.3 is 0 Å². The van der Waals surface area contributed by atoms with Crippen LogP contribution in [0.1, 0.15) is 31.7 Å². The lowest BCUT2D eigenvalue weighted by atomic mass is 10.1. The number of nitrogen functional groups attached to an aromatic ring is 1. The summed E-state index contributed by atoms with van der Waals surface area (Å²) in [5, 5.41) is 0. The summed E-state index contributed by atoms with van der Waals surface area (Å²) < 4.78 is 0. The van der Waals surface area contributed by atoms with Crippen LogP contribution in [0.4, 0.5) is 11.6 Å². The number of anilines is 1. The van der Waals surface area contributed by atoms with Crippen molar-refractivity contribution in [1.82, 2.24) is 9.97 Å². The maximum absolute atomic E-state index is 5.54. The first kappa shape index (κ1) is 11.6. The van der Waals surface area contributed by atoms with Crippen molar-refractivity contribution >= 4 is 17.9 Å². The van der Waals surface area contributed by atoms with E-state index in [9.17, 15) is 0 Å². The fourth-order valence-corrected chi connectivity index (χ4v) is 1.23. The molecule has 0 amide bonds. The zero-order valence-corrected chi connectivity index (χ0v) is 9.78. The average Bonchev–Trinajstić information content (AvgIpc) is 2.15. The molecule has 1 heterocycles. The van der Waals surface area contributed by atoms with Crippen molar-refractivity contribution in [2.45, 2.75) is 34.1 Å². The van der Waals surface area contributed by atoms with Crippen LogP contribution < -0.4 is 5.73 Å². The van der Waals surface area contributed by atoms with E-state index in [2.05, 4.69) is 28.8 Å². The Morgan fingerprint density at radius 2 is 1.87 bits per heavy atom. The van der Waals surface area contributed by atoms with E-state index in [0.29, 0.717) is 11.9 Å². The molecule has 4 heteroatoms. The van der Waals surface area contributed by atoms with E-state index in [1.165, 1.54) is 0 Å². The quantitative estimate of drug-likeness (QED) is 0.772. The molecule has 1 aromatic rings. The van der Waals surface area contributed by atoms with Gasteiger partial charge in [-0.3, -0.25) is 4.99 Å². The maximum Gasteiger partial charge on any atom is 0.220 e. The molecule has 0 saturated heterocycles. The summed E-state index contributed by atoms with van der Waals surface area (Å²) in [5.74, 6) is 0.786. The van der Waals surface area contributed by atoms with Gasteiger partial charge in [-0.1, -0.05) is 13.8 Å². The number of rotatable bonds is 3. The van der Waals surface area contributed by atoms with Crippen molar-refractivity contribution in [3.63, 3.8) is 0 Å². The van der Waals surface area contributed by atoms with Crippen molar-refractivity contribution in [1.29, 1.82) is 0 Å². The van der Waals surface area contributed by atoms with E-state index in [4.69, 9.17) is 5.73 Å². The Balaban J connectivity index is 3.00. The van der Waals surface area contributed by atoms with Gasteiger partial charge < -0.3 is 5.73 Å². The lowest BCUT2D eigenvalue weighted by Crippen LogP contribution is -2.00. The van der Waals surface area contributed by atoms with Crippen LogP contribution in [0.15, 0.2) is 4.99 Å². The number of nitrogens with zero attached hydrogens (tertiary/aromatic N) is 3. The molecule has 0 radical (unpaired) electrons. The average molecular weight is 206 g/mol. The van der Waals surface area contributed by atoms with Crippen molar-refractivity contribution in [2.75, 3.05) is 5.73 Å². The smallest absolute Gasteiger partial charge is 0.220 e. The monoisotopic (exact) mass is 206 g/mol. The molecule has 0 saturated carbocycles. The molecule has 2 N–H and O–H groups in total. The van der Waals surface area contributed by atoms with Gasteiger partial charge in [-0.2, -0.15) is 0 Å². The van der Waals surface area contributed by atoms with Crippen LogP contribution in [0.25, 0.3) is 0 Å². The van der Waals surface area contributed by atoms with Gasteiger partial charge in [0.05, 0.1) is 11.4 Å². The number of hydrogen-bond donors (Lipinski definition) is 1. The maximum atomic E-state index is 5.54. The van der Waals surface area contributed by atoms with Crippen molar-refractivity contribution in [2.24, 2.45) is 10.9 Å². The Hall–Kier alpha value is -1.45. The summed E-state index contributed by atoms with van der Waals surface area (Å²) in [6.45, 7) is 8.06. The predicted molar refractivity (Wildman–Crippen MR) is 63.5 cm³/mol. The third-order valence-corrected chi connectivity index (χ3v) is 2.35. The largest absolute Gasteiger partial charge is 0.368 e. The molecule has 1 rings (SSSR count). The molecule has 1 aromatic heterocycles. The van der Waals surface area contributed by atoms with Crippen molar-refractivity contribution < 1.29 is 0 Å². The molecule has 0 aliphatic heterocycles. The number of nitrogens with two attached hydrogens (primary N) is 1. The topological polar surface area (TPSA) is 64.2 Å². The summed E-state index contributed by atoms with van der Waals surface area (Å²) in [7, 11) is 0. The molecule has 0 aliphatic rings. The highest BCUT2D eigenvalue weighted by Crippen LogP contribution is 2.20. The van der Waals surface area contributed by atoms with Crippen LogP contribution >= 0.6 is 0 Å². The van der Waals surface area contributed by atoms with E-state index in [-0.39, 0.29) is 0 Å². The Morgan fingerprint density at radius 3 is 2.33 bits per heavy atom. The third kappa shape index (κ3) is 3.01. The van der Waals surface area contributed by atoms with Crippen molar-refractivity contribution in [3.05, 3.63) is 11.4 Å². The Kier molecular flexibility index (Phi) is 3.77. The molecule has 0 aromatic carbocycles. The normalized spacial score (nSPS) is 13.3. The molecule has 1 atom stereocenters. The zero-order valence-electron chi connectivity index (χ0n) is 9.78. The van der Waals surface area contributed by atoms with Crippen LogP contribution in [0.5, 0.6) is 0 Å². The van der Waals surface area contributed by atoms with Crippen LogP contribution in [0.2, 0.25) is 0 Å². The first-order valence-corrected chi connectivity index (χ1v) is 5.19. The summed E-state index contributed by atoms with van der Waals surface area (Å²) in [6.07, 6.45) is 3.02. The van der Waals surface area contributed by atoms with Gasteiger partial charge in [0.2, 0.25) is 5.95 Å². The van der Waals surface area contributed by atoms with Gasteiger partial charge in [0.15, 0.2) is 0 Å². The molecule has 0 spiro atoms. The number of aryl methyl sites for hydroxylation is 2. The van der Waals surface area contributed by atoms with Gasteiger partial charge in [0.25, 0.3) is 0 Å². The van der Waals surface area contributed by atoms with Gasteiger partial charge in [-0.25, -0.2) is 9.97 Å². The standard InChI is InChI=1S/C11H18N4/c1-5-7(2)6-13-10-8(3)14-11(12)15-9(10)4/h6-7H,5H2,1-4H3,(H2,12,14,15)/b13-6-. The second kappa shape index (κ2) is 4.87. The molecule has 0 fully saturated rings. The van der Waals surface area contributed by atoms with Crippen LogP contribution in [-0.4, -0.2) is 16.2 Å².